The van der Waals surface area contributed by atoms with Crippen LogP contribution < -0.4 is 4.90 Å². The molecular formula is C29H34F3N5S2. The molecule has 0 N–H and O–H groups in total. The lowest BCUT2D eigenvalue weighted by Crippen LogP contribution is -2.39. The summed E-state index contributed by atoms with van der Waals surface area (Å²) < 4.78 is 37.4. The average molecular weight is 574 g/mol. The molecule has 208 valence electrons. The van der Waals surface area contributed by atoms with Gasteiger partial charge in [0.15, 0.2) is 0 Å². The minimum atomic E-state index is -2.56. The molecule has 10 heteroatoms. The van der Waals surface area contributed by atoms with Crippen LogP contribution in [0, 0.1) is 0 Å². The zero-order valence-electron chi connectivity index (χ0n) is 22.1. The summed E-state index contributed by atoms with van der Waals surface area (Å²) in [4.78, 5) is 4.63. The maximum atomic E-state index is 12.9. The summed E-state index contributed by atoms with van der Waals surface area (Å²) in [6, 6.07) is 16.7. The summed E-state index contributed by atoms with van der Waals surface area (Å²) in [6.07, 6.45) is 0.777. The number of thiol groups is 1. The highest BCUT2D eigenvalue weighted by Crippen LogP contribution is 2.29. The van der Waals surface area contributed by atoms with Crippen molar-refractivity contribution in [1.29, 1.82) is 0 Å². The number of thioether (sulfide) groups is 1. The van der Waals surface area contributed by atoms with E-state index in [-0.39, 0.29) is 12.1 Å². The number of halogens is 3. The summed E-state index contributed by atoms with van der Waals surface area (Å²) in [5.74, 6) is 3.19. The summed E-state index contributed by atoms with van der Waals surface area (Å²) in [5.41, 5.74) is 6.05. The molecule has 0 amide bonds. The van der Waals surface area contributed by atoms with Gasteiger partial charge >= 0.3 is 0 Å². The van der Waals surface area contributed by atoms with Crippen LogP contribution in [0.15, 0.2) is 77.2 Å². The molecule has 5 nitrogen and oxygen atoms in total. The molecule has 39 heavy (non-hydrogen) atoms. The third-order valence-electron chi connectivity index (χ3n) is 6.95. The Morgan fingerprint density at radius 2 is 1.67 bits per heavy atom. The van der Waals surface area contributed by atoms with E-state index in [4.69, 9.17) is 0 Å². The third-order valence-corrected chi connectivity index (χ3v) is 8.26. The Balaban J connectivity index is 0.00000172. The molecule has 0 aliphatic carbocycles. The van der Waals surface area contributed by atoms with Crippen LogP contribution in [-0.2, 0) is 6.54 Å². The van der Waals surface area contributed by atoms with Crippen LogP contribution in [0.25, 0.3) is 5.57 Å². The molecule has 3 heterocycles. The number of hydrogen-bond acceptors (Lipinski definition) is 7. The highest BCUT2D eigenvalue weighted by Gasteiger charge is 2.23. The third kappa shape index (κ3) is 7.49. The summed E-state index contributed by atoms with van der Waals surface area (Å²) >= 11 is 6.42. The highest BCUT2D eigenvalue weighted by molar-refractivity contribution is 7.99. The van der Waals surface area contributed by atoms with Gasteiger partial charge in [0.1, 0.15) is 11.5 Å². The van der Waals surface area contributed by atoms with E-state index in [0.29, 0.717) is 19.4 Å². The van der Waals surface area contributed by atoms with Crippen molar-refractivity contribution in [2.45, 2.75) is 25.8 Å². The Morgan fingerprint density at radius 3 is 2.26 bits per heavy atom. The van der Waals surface area contributed by atoms with E-state index in [2.05, 4.69) is 69.7 Å². The SMILES string of the molecule is C=C(N1CCSCC1)N(Cc1ccc(C2=NN=C(C(F)F)C2)cc1)c1ccc(C2=CCN(S)CC2)cc1.CF. The first-order valence-corrected chi connectivity index (χ1v) is 14.4. The second-order valence-corrected chi connectivity index (χ2v) is 11.1. The van der Waals surface area contributed by atoms with E-state index in [9.17, 15) is 13.2 Å². The monoisotopic (exact) mass is 573 g/mol. The molecule has 0 radical (unpaired) electrons. The van der Waals surface area contributed by atoms with Crippen LogP contribution in [-0.4, -0.2) is 71.9 Å². The quantitative estimate of drug-likeness (QED) is 0.364. The van der Waals surface area contributed by atoms with Gasteiger partial charge in [-0.15, -0.1) is 0 Å². The maximum Gasteiger partial charge on any atom is 0.278 e. The first-order valence-electron chi connectivity index (χ1n) is 12.9. The predicted octanol–water partition coefficient (Wildman–Crippen LogP) is 6.55. The molecule has 1 fully saturated rings. The van der Waals surface area contributed by atoms with Crippen LogP contribution in [0.5, 0.6) is 0 Å². The van der Waals surface area contributed by atoms with Gasteiger partial charge in [0.05, 0.1) is 12.9 Å². The van der Waals surface area contributed by atoms with E-state index in [0.717, 1.165) is 66.7 Å². The maximum absolute atomic E-state index is 12.9. The highest BCUT2D eigenvalue weighted by atomic mass is 32.2. The van der Waals surface area contributed by atoms with Gasteiger partial charge in [-0.3, -0.25) is 4.39 Å². The summed E-state index contributed by atoms with van der Waals surface area (Å²) in [7, 11) is 0.500. The van der Waals surface area contributed by atoms with Crippen LogP contribution in [0.2, 0.25) is 0 Å². The molecule has 0 bridgehead atoms. The van der Waals surface area contributed by atoms with Crippen LogP contribution >= 0.6 is 24.6 Å². The molecule has 3 aliphatic rings. The van der Waals surface area contributed by atoms with Crippen molar-refractivity contribution in [1.82, 2.24) is 9.21 Å². The topological polar surface area (TPSA) is 34.4 Å². The molecule has 2 aromatic rings. The van der Waals surface area contributed by atoms with E-state index in [1.54, 1.807) is 0 Å². The number of hydrogen-bond donors (Lipinski definition) is 1. The molecule has 0 atom stereocenters. The van der Waals surface area contributed by atoms with Gasteiger partial charge in [0.2, 0.25) is 0 Å². The Labute approximate surface area is 238 Å². The standard InChI is InChI=1S/C28H31F2N5S2.CH3F/c1-20(33-14-16-37-17-15-33)35(25-8-6-22(7-9-25)23-10-12-34(36)13-11-23)19-21-2-4-24(5-3-21)26-18-27(28(29)30)32-31-26;1-2/h2-10,28,36H,1,11-19H2;1H3. The van der Waals surface area contributed by atoms with E-state index < -0.39 is 6.43 Å². The number of anilines is 1. The van der Waals surface area contributed by atoms with Crippen LogP contribution in [0.3, 0.4) is 0 Å². The normalized spacial score (nSPS) is 17.7. The minimum Gasteiger partial charge on any atom is -0.357 e. The molecule has 1 saturated heterocycles. The van der Waals surface area contributed by atoms with Gasteiger partial charge in [-0.2, -0.15) is 22.0 Å². The second kappa shape index (κ2) is 14.1. The van der Waals surface area contributed by atoms with Gasteiger partial charge in [-0.25, -0.2) is 13.1 Å². The van der Waals surface area contributed by atoms with Crippen molar-refractivity contribution >= 4 is 47.3 Å². The minimum absolute atomic E-state index is 0.0989. The van der Waals surface area contributed by atoms with Crippen molar-refractivity contribution in [2.75, 3.05) is 49.8 Å². The van der Waals surface area contributed by atoms with E-state index >= 15 is 0 Å². The zero-order chi connectivity index (χ0) is 27.8. The van der Waals surface area contributed by atoms with E-state index in [1.165, 1.54) is 11.1 Å². The fourth-order valence-electron chi connectivity index (χ4n) is 4.73. The first-order chi connectivity index (χ1) is 19.0. The Bertz CT molecular complexity index is 1210. The average Bonchev–Trinajstić information content (AvgIpc) is 3.49. The smallest absolute Gasteiger partial charge is 0.278 e. The van der Waals surface area contributed by atoms with Crippen molar-refractivity contribution in [3.63, 3.8) is 0 Å². The van der Waals surface area contributed by atoms with Gasteiger partial charge in [0, 0.05) is 56.3 Å². The first kappa shape index (κ1) is 29.3. The van der Waals surface area contributed by atoms with Crippen molar-refractivity contribution < 1.29 is 13.2 Å². The fraction of sp³-hybridized carbons (Fsp3) is 0.379. The second-order valence-electron chi connectivity index (χ2n) is 9.35. The van der Waals surface area contributed by atoms with Crippen molar-refractivity contribution in [2.24, 2.45) is 10.2 Å². The van der Waals surface area contributed by atoms with Gasteiger partial charge in [0.25, 0.3) is 6.43 Å². The van der Waals surface area contributed by atoms with Crippen LogP contribution in [0.4, 0.5) is 18.9 Å². The van der Waals surface area contributed by atoms with Gasteiger partial charge < -0.3 is 9.80 Å². The molecule has 5 rings (SSSR count). The number of rotatable bonds is 8. The Hall–Kier alpha value is -2.69. The fourth-order valence-corrected chi connectivity index (χ4v) is 5.82. The number of alkyl halides is 3. The van der Waals surface area contributed by atoms with Gasteiger partial charge in [-0.1, -0.05) is 61.9 Å². The molecule has 3 aliphatic heterocycles. The predicted molar refractivity (Wildman–Crippen MR) is 162 cm³/mol. The molecular weight excluding hydrogens is 539 g/mol. The molecule has 0 saturated carbocycles. The largest absolute Gasteiger partial charge is 0.357 e. The Kier molecular flexibility index (Phi) is 10.6. The lowest BCUT2D eigenvalue weighted by molar-refractivity contribution is 0.224. The summed E-state index contributed by atoms with van der Waals surface area (Å²) in [5, 5.41) is 7.61. The number of nitrogens with zero attached hydrogens (tertiary/aromatic N) is 5. The lowest BCUT2D eigenvalue weighted by atomic mass is 10.00. The molecule has 0 unspecified atom stereocenters. The van der Waals surface area contributed by atoms with Crippen molar-refractivity contribution in [3.05, 3.63) is 83.7 Å². The van der Waals surface area contributed by atoms with Crippen molar-refractivity contribution in [3.8, 4) is 0 Å². The number of benzene rings is 2. The van der Waals surface area contributed by atoms with Gasteiger partial charge in [-0.05, 0) is 40.8 Å². The molecule has 2 aromatic carbocycles. The molecule has 0 spiro atoms. The summed E-state index contributed by atoms with van der Waals surface area (Å²) in [6.45, 7) is 8.92. The zero-order valence-corrected chi connectivity index (χ0v) is 23.8. The lowest BCUT2D eigenvalue weighted by Gasteiger charge is -2.37. The molecule has 0 aromatic heterocycles. The van der Waals surface area contributed by atoms with E-state index in [1.807, 2.05) is 40.3 Å². The Morgan fingerprint density at radius 1 is 1.00 bits per heavy atom. The van der Waals surface area contributed by atoms with Crippen LogP contribution in [0.1, 0.15) is 29.5 Å².